The van der Waals surface area contributed by atoms with E-state index >= 15 is 0 Å². The van der Waals surface area contributed by atoms with Crippen LogP contribution in [-0.4, -0.2) is 166 Å². The summed E-state index contributed by atoms with van der Waals surface area (Å²) in [4.78, 5) is 151. The molecule has 2 heterocycles. The van der Waals surface area contributed by atoms with E-state index in [0.29, 0.717) is 37.9 Å². The molecule has 1 aliphatic heterocycles. The van der Waals surface area contributed by atoms with Crippen LogP contribution in [0.15, 0.2) is 11.2 Å². The lowest BCUT2D eigenvalue weighted by Crippen LogP contribution is -2.61. The number of aliphatic imine (C=N–C) groups is 1. The Hall–Kier alpha value is -7.50. The minimum Gasteiger partial charge on any atom is -0.394 e. The zero-order valence-corrected chi connectivity index (χ0v) is 46.1. The fraction of sp³-hybridized carbons (Fsp3) is 0.714. The molecule has 79 heavy (non-hydrogen) atoms. The van der Waals surface area contributed by atoms with Gasteiger partial charge in [-0.15, -0.1) is 5.10 Å². The number of primary amides is 2. The van der Waals surface area contributed by atoms with E-state index in [1.807, 2.05) is 0 Å². The average molecular weight is 1120 g/mol. The summed E-state index contributed by atoms with van der Waals surface area (Å²) in [5.41, 5.74) is 28.0. The number of rotatable bonds is 26. The first-order chi connectivity index (χ1) is 37.4. The SMILES string of the molecule is CC[C@H](C)[C@@H]1NC(=O)[C@H](CO)NC(=O)[C@@H](NC(=O)CNC(=O)[C@H](CCCCN)NC(C)=O)CCCn2cc(nn2)CCCC[C@@H](C(=O)N[C@@H](CC(C)C)C(=O)N[C@@H](CCCN=C(N)N)C(N)=O)NC(=O)[C@H](CCC(N)=O)NC1=O. The number of nitrogens with one attached hydrogen (secondary N) is 9. The van der Waals surface area contributed by atoms with E-state index in [1.165, 1.54) is 11.6 Å². The van der Waals surface area contributed by atoms with Crippen molar-refractivity contribution in [2.75, 3.05) is 26.2 Å². The fourth-order valence-corrected chi connectivity index (χ4v) is 8.30. The Morgan fingerprint density at radius 3 is 2.10 bits per heavy atom. The smallest absolute Gasteiger partial charge is 0.245 e. The molecule has 0 saturated heterocycles. The zero-order chi connectivity index (χ0) is 59.2. The largest absolute Gasteiger partial charge is 0.394 e. The van der Waals surface area contributed by atoms with Crippen LogP contribution in [0.3, 0.4) is 0 Å². The van der Waals surface area contributed by atoms with Crippen LogP contribution in [0.1, 0.15) is 130 Å². The lowest BCUT2D eigenvalue weighted by molar-refractivity contribution is -0.137. The molecule has 2 rings (SSSR count). The van der Waals surface area contributed by atoms with Crippen molar-refractivity contribution >= 4 is 70.9 Å². The normalized spacial score (nSPS) is 20.5. The Labute approximate surface area is 459 Å². The maximum absolute atomic E-state index is 14.3. The van der Waals surface area contributed by atoms with E-state index in [2.05, 4.69) is 63.2 Å². The van der Waals surface area contributed by atoms with Crippen LogP contribution in [0.25, 0.3) is 0 Å². The second kappa shape index (κ2) is 35.8. The number of amides is 11. The quantitative estimate of drug-likeness (QED) is 0.0234. The highest BCUT2D eigenvalue weighted by Crippen LogP contribution is 2.14. The highest BCUT2D eigenvalue weighted by atomic mass is 16.3. The molecule has 0 aliphatic carbocycles. The summed E-state index contributed by atoms with van der Waals surface area (Å²) in [7, 11) is 0. The number of unbranched alkanes of at least 4 members (excludes halogenated alkanes) is 1. The number of nitrogens with zero attached hydrogens (tertiary/aromatic N) is 4. The number of hydrogen-bond donors (Lipinski definition) is 15. The highest BCUT2D eigenvalue weighted by Gasteiger charge is 2.36. The molecule has 30 nitrogen and oxygen atoms in total. The van der Waals surface area contributed by atoms with Crippen LogP contribution < -0.4 is 76.5 Å². The molecule has 1 aliphatic rings. The van der Waals surface area contributed by atoms with Gasteiger partial charge in [-0.05, 0) is 95.4 Å². The van der Waals surface area contributed by atoms with Crippen molar-refractivity contribution in [2.24, 2.45) is 45.5 Å². The summed E-state index contributed by atoms with van der Waals surface area (Å²) in [6.45, 7) is 7.33. The molecule has 11 amide bonds. The molecule has 444 valence electrons. The van der Waals surface area contributed by atoms with Crippen LogP contribution in [0.2, 0.25) is 0 Å². The van der Waals surface area contributed by atoms with Gasteiger partial charge in [0.2, 0.25) is 65.0 Å². The second-order valence-electron chi connectivity index (χ2n) is 20.1. The number of guanidine groups is 1. The third kappa shape index (κ3) is 26.1. The molecule has 0 saturated carbocycles. The molecular formula is C49H86N18O12. The van der Waals surface area contributed by atoms with Gasteiger partial charge >= 0.3 is 0 Å². The number of carbonyl (C=O) groups excluding carboxylic acids is 11. The highest BCUT2D eigenvalue weighted by molar-refractivity contribution is 5.98. The fourth-order valence-electron chi connectivity index (χ4n) is 8.30. The third-order valence-corrected chi connectivity index (χ3v) is 12.9. The molecule has 2 bridgehead atoms. The Bertz CT molecular complexity index is 2240. The Kier molecular flexibility index (Phi) is 30.7. The summed E-state index contributed by atoms with van der Waals surface area (Å²) < 4.78 is 1.51. The van der Waals surface area contributed by atoms with Crippen molar-refractivity contribution in [1.82, 2.24) is 62.8 Å². The minimum absolute atomic E-state index is 0.0104. The van der Waals surface area contributed by atoms with E-state index in [-0.39, 0.29) is 89.2 Å². The Morgan fingerprint density at radius 2 is 1.48 bits per heavy atom. The number of carbonyl (C=O) groups is 11. The number of aromatic nitrogens is 3. The predicted octanol–water partition coefficient (Wildman–Crippen LogP) is -5.18. The van der Waals surface area contributed by atoms with Gasteiger partial charge in [0.1, 0.15) is 48.3 Å². The maximum atomic E-state index is 14.3. The van der Waals surface area contributed by atoms with Gasteiger partial charge in [-0.1, -0.05) is 45.7 Å². The number of fused-ring (bicyclic) bond motifs is 2. The van der Waals surface area contributed by atoms with E-state index in [1.54, 1.807) is 33.9 Å². The Balaban J connectivity index is 2.55. The van der Waals surface area contributed by atoms with Crippen molar-refractivity contribution in [1.29, 1.82) is 0 Å². The third-order valence-electron chi connectivity index (χ3n) is 12.9. The second-order valence-corrected chi connectivity index (χ2v) is 20.1. The van der Waals surface area contributed by atoms with Crippen LogP contribution in [-0.2, 0) is 65.7 Å². The monoisotopic (exact) mass is 1120 g/mol. The van der Waals surface area contributed by atoms with Gasteiger partial charge in [-0.2, -0.15) is 0 Å². The molecule has 20 N–H and O–H groups in total. The summed E-state index contributed by atoms with van der Waals surface area (Å²) in [6.07, 6.45) is 4.20. The number of hydrogen-bond acceptors (Lipinski definition) is 16. The number of nitrogens with two attached hydrogens (primary N) is 5. The molecule has 1 aromatic rings. The molecule has 0 spiro atoms. The van der Waals surface area contributed by atoms with Crippen LogP contribution in [0, 0.1) is 11.8 Å². The topological polar surface area (TPSA) is 489 Å². The molecular weight excluding hydrogens is 1030 g/mol. The molecule has 0 aromatic carbocycles. The van der Waals surface area contributed by atoms with Crippen molar-refractivity contribution in [3.8, 4) is 0 Å². The number of aliphatic hydroxyl groups is 1. The number of aliphatic hydroxyl groups excluding tert-OH is 1. The van der Waals surface area contributed by atoms with Crippen molar-refractivity contribution in [2.45, 2.75) is 186 Å². The zero-order valence-electron chi connectivity index (χ0n) is 46.1. The summed E-state index contributed by atoms with van der Waals surface area (Å²) in [6, 6.07) is -10.6. The predicted molar refractivity (Wildman–Crippen MR) is 287 cm³/mol. The van der Waals surface area contributed by atoms with Crippen LogP contribution in [0.5, 0.6) is 0 Å². The van der Waals surface area contributed by atoms with E-state index in [9.17, 15) is 57.8 Å². The summed E-state index contributed by atoms with van der Waals surface area (Å²) in [5.74, 6) is -9.82. The van der Waals surface area contributed by atoms with E-state index < -0.39 is 139 Å². The first-order valence-corrected chi connectivity index (χ1v) is 26.9. The van der Waals surface area contributed by atoms with Crippen LogP contribution >= 0.6 is 0 Å². The van der Waals surface area contributed by atoms with Crippen molar-refractivity contribution in [3.63, 3.8) is 0 Å². The molecule has 1 aromatic heterocycles. The van der Waals surface area contributed by atoms with E-state index in [0.717, 1.165) is 0 Å². The van der Waals surface area contributed by atoms with Gasteiger partial charge in [0.25, 0.3) is 0 Å². The van der Waals surface area contributed by atoms with Gasteiger partial charge in [-0.3, -0.25) is 62.4 Å². The molecule has 0 fully saturated rings. The lowest BCUT2D eigenvalue weighted by Gasteiger charge is -2.29. The standard InChI is InChI=1S/C49H86N18O12/c1-6-28(4)40-48(79)61-35(18-19-38(51)70)45(76)60-34(44(75)62-36(23-27(2)3)46(77)59-31(41(52)72)16-11-21-55-49(53)54)14-8-7-13-30-25-67(66-65-30)22-12-17-33(43(74)63-37(26-68)47(78)64-40)58-39(71)24-56-42(73)32(57-29(5)69)15-9-10-20-50/h25,27-28,31-37,40,68H,6-24,26,50H2,1-5H3,(H2,51,70)(H2,52,72)(H,56,73)(H,57,69)(H,58,71)(H,59,77)(H,60,76)(H,61,79)(H,62,75)(H,63,74)(H,64,78)(H4,53,54,55)/t28-,31-,32-,33-,34-,35-,36-,37-,40-/m0/s1. The van der Waals surface area contributed by atoms with Crippen LogP contribution in [0.4, 0.5) is 0 Å². The molecule has 0 unspecified atom stereocenters. The first-order valence-electron chi connectivity index (χ1n) is 26.9. The molecule has 0 radical (unpaired) electrons. The van der Waals surface area contributed by atoms with Gasteiger partial charge in [-0.25, -0.2) is 0 Å². The van der Waals surface area contributed by atoms with Gasteiger partial charge in [0.05, 0.1) is 18.8 Å². The maximum Gasteiger partial charge on any atom is 0.245 e. The lowest BCUT2D eigenvalue weighted by atomic mass is 9.97. The number of aryl methyl sites for hydroxylation is 2. The molecule has 30 heteroatoms. The first kappa shape index (κ1) is 67.6. The summed E-state index contributed by atoms with van der Waals surface area (Å²) in [5, 5.41) is 41.9. The van der Waals surface area contributed by atoms with Gasteiger partial charge < -0.3 is 81.6 Å². The Morgan fingerprint density at radius 1 is 0.797 bits per heavy atom. The molecule has 9 atom stereocenters. The van der Waals surface area contributed by atoms with Crippen molar-refractivity contribution < 1.29 is 57.8 Å². The average Bonchev–Trinajstić information content (AvgIpc) is 3.84. The van der Waals surface area contributed by atoms with Crippen molar-refractivity contribution in [3.05, 3.63) is 11.9 Å². The van der Waals surface area contributed by atoms with E-state index in [4.69, 9.17) is 28.7 Å². The van der Waals surface area contributed by atoms with Gasteiger partial charge in [0, 0.05) is 32.6 Å². The summed E-state index contributed by atoms with van der Waals surface area (Å²) >= 11 is 0. The van der Waals surface area contributed by atoms with Gasteiger partial charge in [0.15, 0.2) is 5.96 Å². The minimum atomic E-state index is -1.69.